The van der Waals surface area contributed by atoms with Gasteiger partial charge in [0.2, 0.25) is 0 Å². The predicted octanol–water partition coefficient (Wildman–Crippen LogP) is 3.02. The van der Waals surface area contributed by atoms with Crippen molar-refractivity contribution in [2.24, 2.45) is 0 Å². The number of aliphatic hydroxyl groups excluding tert-OH is 1. The second-order valence-electron chi connectivity index (χ2n) is 5.51. The van der Waals surface area contributed by atoms with E-state index in [9.17, 15) is 9.90 Å². The smallest absolute Gasteiger partial charge is 0.408 e. The Kier molecular flexibility index (Phi) is 5.36. The summed E-state index contributed by atoms with van der Waals surface area (Å²) in [5, 5.41) is 12.8. The number of ether oxygens (including phenoxy) is 1. The van der Waals surface area contributed by atoms with Crippen LogP contribution in [0.2, 0.25) is 0 Å². The van der Waals surface area contributed by atoms with Gasteiger partial charge in [-0.2, -0.15) is 0 Å². The third kappa shape index (κ3) is 5.30. The van der Waals surface area contributed by atoms with Crippen molar-refractivity contribution in [3.05, 3.63) is 35.9 Å². The lowest BCUT2D eigenvalue weighted by Crippen LogP contribution is -2.39. The molecule has 4 heteroatoms. The number of benzene rings is 1. The van der Waals surface area contributed by atoms with E-state index in [1.165, 1.54) is 0 Å². The summed E-state index contributed by atoms with van der Waals surface area (Å²) in [5.74, 6) is 0. The van der Waals surface area contributed by atoms with E-state index in [2.05, 4.69) is 5.32 Å². The van der Waals surface area contributed by atoms with Gasteiger partial charge in [0, 0.05) is 0 Å². The molecule has 0 spiro atoms. The molecule has 0 radical (unpaired) electrons. The number of nitrogens with one attached hydrogen (secondary N) is 1. The third-order valence-corrected chi connectivity index (χ3v) is 2.63. The van der Waals surface area contributed by atoms with Crippen molar-refractivity contribution in [2.45, 2.75) is 51.9 Å². The number of carbonyl (C=O) groups is 1. The Morgan fingerprint density at radius 3 is 2.37 bits per heavy atom. The van der Waals surface area contributed by atoms with Crippen LogP contribution in [0.3, 0.4) is 0 Å². The highest BCUT2D eigenvalue weighted by atomic mass is 16.6. The summed E-state index contributed by atoms with van der Waals surface area (Å²) in [7, 11) is 0. The van der Waals surface area contributed by atoms with Crippen LogP contribution in [0.15, 0.2) is 30.3 Å². The Morgan fingerprint density at radius 2 is 1.89 bits per heavy atom. The first-order valence-electron chi connectivity index (χ1n) is 6.56. The van der Waals surface area contributed by atoms with Crippen molar-refractivity contribution in [2.75, 3.05) is 0 Å². The summed E-state index contributed by atoms with van der Waals surface area (Å²) in [4.78, 5) is 11.8. The van der Waals surface area contributed by atoms with Crippen LogP contribution in [0.5, 0.6) is 0 Å². The van der Waals surface area contributed by atoms with Crippen LogP contribution >= 0.6 is 0 Å². The molecule has 0 saturated heterocycles. The second kappa shape index (κ2) is 6.57. The molecule has 0 bridgehead atoms. The quantitative estimate of drug-likeness (QED) is 0.879. The van der Waals surface area contributed by atoms with Crippen molar-refractivity contribution in [1.82, 2.24) is 5.32 Å². The van der Waals surface area contributed by atoms with Gasteiger partial charge in [0.15, 0.2) is 0 Å². The molecule has 0 fully saturated rings. The zero-order valence-corrected chi connectivity index (χ0v) is 12.0. The SMILES string of the molecule is CC[C@@H](O)[C@H](NC(=O)OC(C)(C)C)c1ccccc1. The van der Waals surface area contributed by atoms with Gasteiger partial charge >= 0.3 is 6.09 Å². The molecule has 0 aliphatic carbocycles. The lowest BCUT2D eigenvalue weighted by molar-refractivity contribution is 0.0417. The zero-order valence-electron chi connectivity index (χ0n) is 12.0. The lowest BCUT2D eigenvalue weighted by atomic mass is 10.00. The minimum Gasteiger partial charge on any atom is -0.444 e. The van der Waals surface area contributed by atoms with Crippen LogP contribution in [0.4, 0.5) is 4.79 Å². The summed E-state index contributed by atoms with van der Waals surface area (Å²) < 4.78 is 5.22. The summed E-state index contributed by atoms with van der Waals surface area (Å²) in [6.45, 7) is 7.29. The Hall–Kier alpha value is -1.55. The molecular weight excluding hydrogens is 242 g/mol. The molecular formula is C15H23NO3. The molecule has 1 aromatic rings. The minimum atomic E-state index is -0.644. The molecule has 0 aliphatic heterocycles. The average Bonchev–Trinajstić information content (AvgIpc) is 2.34. The first-order valence-corrected chi connectivity index (χ1v) is 6.56. The van der Waals surface area contributed by atoms with E-state index in [4.69, 9.17) is 4.74 Å². The fourth-order valence-corrected chi connectivity index (χ4v) is 1.73. The highest BCUT2D eigenvalue weighted by Crippen LogP contribution is 2.19. The molecule has 2 atom stereocenters. The molecule has 0 saturated carbocycles. The van der Waals surface area contributed by atoms with Gasteiger partial charge in [-0.1, -0.05) is 37.3 Å². The van der Waals surface area contributed by atoms with Crippen molar-refractivity contribution < 1.29 is 14.6 Å². The van der Waals surface area contributed by atoms with Gasteiger partial charge < -0.3 is 15.2 Å². The third-order valence-electron chi connectivity index (χ3n) is 2.63. The number of carbonyl (C=O) groups excluding carboxylic acids is 1. The number of aliphatic hydroxyl groups is 1. The van der Waals surface area contributed by atoms with Crippen LogP contribution in [-0.2, 0) is 4.74 Å². The maximum atomic E-state index is 11.8. The number of rotatable bonds is 4. The van der Waals surface area contributed by atoms with Gasteiger partial charge in [0.25, 0.3) is 0 Å². The first kappa shape index (κ1) is 15.5. The van der Waals surface area contributed by atoms with Crippen molar-refractivity contribution in [3.63, 3.8) is 0 Å². The van der Waals surface area contributed by atoms with Gasteiger partial charge in [-0.25, -0.2) is 4.79 Å². The van der Waals surface area contributed by atoms with Crippen molar-refractivity contribution in [1.29, 1.82) is 0 Å². The normalized spacial score (nSPS) is 14.6. The van der Waals surface area contributed by atoms with E-state index in [-0.39, 0.29) is 0 Å². The van der Waals surface area contributed by atoms with Crippen LogP contribution in [-0.4, -0.2) is 22.9 Å². The Labute approximate surface area is 114 Å². The van der Waals surface area contributed by atoms with Gasteiger partial charge in [-0.3, -0.25) is 0 Å². The second-order valence-corrected chi connectivity index (χ2v) is 5.51. The van der Waals surface area contributed by atoms with E-state index in [0.717, 1.165) is 5.56 Å². The number of amides is 1. The molecule has 19 heavy (non-hydrogen) atoms. The molecule has 0 heterocycles. The molecule has 0 aromatic heterocycles. The highest BCUT2D eigenvalue weighted by Gasteiger charge is 2.24. The van der Waals surface area contributed by atoms with E-state index in [0.29, 0.717) is 6.42 Å². The van der Waals surface area contributed by atoms with E-state index in [1.807, 2.05) is 37.3 Å². The van der Waals surface area contributed by atoms with Crippen molar-refractivity contribution >= 4 is 6.09 Å². The van der Waals surface area contributed by atoms with Gasteiger partial charge in [-0.15, -0.1) is 0 Å². The van der Waals surface area contributed by atoms with Crippen molar-refractivity contribution in [3.8, 4) is 0 Å². The summed E-state index contributed by atoms with van der Waals surface area (Å²) in [6.07, 6.45) is -0.612. The number of alkyl carbamates (subject to hydrolysis) is 1. The fourth-order valence-electron chi connectivity index (χ4n) is 1.73. The molecule has 0 aliphatic rings. The van der Waals surface area contributed by atoms with Gasteiger partial charge in [0.1, 0.15) is 5.60 Å². The number of hydrogen-bond acceptors (Lipinski definition) is 3. The molecule has 2 N–H and O–H groups in total. The van der Waals surface area contributed by atoms with Crippen LogP contribution in [0, 0.1) is 0 Å². The summed E-state index contributed by atoms with van der Waals surface area (Å²) in [6, 6.07) is 8.94. The summed E-state index contributed by atoms with van der Waals surface area (Å²) >= 11 is 0. The zero-order chi connectivity index (χ0) is 14.5. The Balaban J connectivity index is 2.80. The monoisotopic (exact) mass is 265 g/mol. The molecule has 1 amide bonds. The predicted molar refractivity (Wildman–Crippen MR) is 74.9 cm³/mol. The average molecular weight is 265 g/mol. The Morgan fingerprint density at radius 1 is 1.32 bits per heavy atom. The van der Waals surface area contributed by atoms with Crippen LogP contribution < -0.4 is 5.32 Å². The van der Waals surface area contributed by atoms with Gasteiger partial charge in [-0.05, 0) is 32.8 Å². The molecule has 106 valence electrons. The summed E-state index contributed by atoms with van der Waals surface area (Å²) in [5.41, 5.74) is 0.311. The first-order chi connectivity index (χ1) is 8.83. The van der Waals surface area contributed by atoms with Gasteiger partial charge in [0.05, 0.1) is 12.1 Å². The molecule has 1 rings (SSSR count). The Bertz CT molecular complexity index is 398. The van der Waals surface area contributed by atoms with Crippen LogP contribution in [0.1, 0.15) is 45.7 Å². The van der Waals surface area contributed by atoms with Crippen LogP contribution in [0.25, 0.3) is 0 Å². The van der Waals surface area contributed by atoms with E-state index >= 15 is 0 Å². The highest BCUT2D eigenvalue weighted by molar-refractivity contribution is 5.68. The minimum absolute atomic E-state index is 0.457. The maximum Gasteiger partial charge on any atom is 0.408 e. The number of hydrogen-bond donors (Lipinski definition) is 2. The van der Waals surface area contributed by atoms with E-state index < -0.39 is 23.8 Å². The fraction of sp³-hybridized carbons (Fsp3) is 0.533. The van der Waals surface area contributed by atoms with E-state index in [1.54, 1.807) is 20.8 Å². The molecule has 0 unspecified atom stereocenters. The molecule has 1 aromatic carbocycles. The lowest BCUT2D eigenvalue weighted by Gasteiger charge is -2.26. The largest absolute Gasteiger partial charge is 0.444 e. The topological polar surface area (TPSA) is 58.6 Å². The molecule has 4 nitrogen and oxygen atoms in total. The standard InChI is InChI=1S/C15H23NO3/c1-5-12(17)13(11-9-7-6-8-10-11)16-14(18)19-15(2,3)4/h6-10,12-13,17H,5H2,1-4H3,(H,16,18)/t12-,13-/m1/s1. The maximum absolute atomic E-state index is 11.8.